The van der Waals surface area contributed by atoms with Crippen LogP contribution in [0.3, 0.4) is 0 Å². The van der Waals surface area contributed by atoms with Crippen molar-refractivity contribution in [3.05, 3.63) is 20.5 Å². The molecule has 0 aliphatic heterocycles. The van der Waals surface area contributed by atoms with Gasteiger partial charge in [0.15, 0.2) is 0 Å². The minimum absolute atomic E-state index is 0.698. The molecule has 0 nitrogen and oxygen atoms in total. The Hall–Kier alpha value is -0.000519. The molecule has 0 atom stereocenters. The third kappa shape index (κ3) is 1.04. The molecular formula is C7H10Se. The number of aryl methyl sites for hydroxylation is 3. The third-order valence-electron chi connectivity index (χ3n) is 1.29. The monoisotopic (exact) mass is 174 g/mol. The van der Waals surface area contributed by atoms with E-state index in [9.17, 15) is 0 Å². The molecule has 1 rings (SSSR count). The molecule has 1 aromatic rings. The maximum absolute atomic E-state index is 2.29. The molecule has 0 aromatic carbocycles. The molecule has 0 bridgehead atoms. The molecule has 44 valence electrons. The first-order valence-electron chi connectivity index (χ1n) is 2.74. The summed E-state index contributed by atoms with van der Waals surface area (Å²) < 4.78 is 3.16. The minimum atomic E-state index is 0.698. The van der Waals surface area contributed by atoms with E-state index >= 15 is 0 Å². The Morgan fingerprint density at radius 3 is 2.00 bits per heavy atom. The van der Waals surface area contributed by atoms with Gasteiger partial charge in [-0.2, -0.15) is 0 Å². The van der Waals surface area contributed by atoms with E-state index in [-0.39, 0.29) is 0 Å². The van der Waals surface area contributed by atoms with Crippen LogP contribution in [0.15, 0.2) is 6.07 Å². The molecule has 8 heavy (non-hydrogen) atoms. The van der Waals surface area contributed by atoms with Crippen molar-refractivity contribution < 1.29 is 0 Å². The van der Waals surface area contributed by atoms with E-state index in [0.29, 0.717) is 14.5 Å². The molecular weight excluding hydrogens is 163 g/mol. The Morgan fingerprint density at radius 1 is 1.25 bits per heavy atom. The van der Waals surface area contributed by atoms with Gasteiger partial charge < -0.3 is 0 Å². The van der Waals surface area contributed by atoms with Gasteiger partial charge in [-0.25, -0.2) is 0 Å². The Morgan fingerprint density at radius 2 is 1.88 bits per heavy atom. The van der Waals surface area contributed by atoms with Gasteiger partial charge in [0.2, 0.25) is 0 Å². The van der Waals surface area contributed by atoms with E-state index < -0.39 is 0 Å². The molecule has 0 spiro atoms. The summed E-state index contributed by atoms with van der Waals surface area (Å²) in [5, 5.41) is 0. The van der Waals surface area contributed by atoms with Gasteiger partial charge >= 0.3 is 55.8 Å². The SMILES string of the molecule is Cc1cc(C)c(C)[se]1. The molecule has 0 aliphatic carbocycles. The fourth-order valence-corrected chi connectivity index (χ4v) is 2.73. The van der Waals surface area contributed by atoms with Gasteiger partial charge in [0.1, 0.15) is 0 Å². The van der Waals surface area contributed by atoms with Crippen LogP contribution in [-0.4, -0.2) is 14.5 Å². The van der Waals surface area contributed by atoms with Crippen LogP contribution < -0.4 is 0 Å². The first-order valence-corrected chi connectivity index (χ1v) is 4.45. The Bertz CT molecular complexity index is 167. The van der Waals surface area contributed by atoms with Gasteiger partial charge in [-0.15, -0.1) is 0 Å². The fraction of sp³-hybridized carbons (Fsp3) is 0.429. The average Bonchev–Trinajstić information content (AvgIpc) is 1.85. The quantitative estimate of drug-likeness (QED) is 0.523. The van der Waals surface area contributed by atoms with Crippen molar-refractivity contribution in [3.63, 3.8) is 0 Å². The van der Waals surface area contributed by atoms with E-state index in [1.807, 2.05) is 0 Å². The van der Waals surface area contributed by atoms with Gasteiger partial charge in [0, 0.05) is 0 Å². The Kier molecular flexibility index (Phi) is 1.59. The van der Waals surface area contributed by atoms with Crippen molar-refractivity contribution in [2.75, 3.05) is 0 Å². The van der Waals surface area contributed by atoms with Crippen molar-refractivity contribution in [2.24, 2.45) is 0 Å². The molecule has 0 N–H and O–H groups in total. The zero-order valence-corrected chi connectivity index (χ0v) is 7.20. The van der Waals surface area contributed by atoms with Crippen molar-refractivity contribution in [3.8, 4) is 0 Å². The van der Waals surface area contributed by atoms with Gasteiger partial charge in [0.25, 0.3) is 0 Å². The van der Waals surface area contributed by atoms with Gasteiger partial charge in [-0.05, 0) is 0 Å². The summed E-state index contributed by atoms with van der Waals surface area (Å²) in [5.41, 5.74) is 1.49. The maximum atomic E-state index is 2.29. The van der Waals surface area contributed by atoms with Gasteiger partial charge in [0.05, 0.1) is 0 Å². The second-order valence-electron chi connectivity index (χ2n) is 2.10. The Labute approximate surface area is 56.3 Å². The zero-order chi connectivity index (χ0) is 6.15. The van der Waals surface area contributed by atoms with Crippen LogP contribution >= 0.6 is 0 Å². The van der Waals surface area contributed by atoms with E-state index in [1.54, 1.807) is 8.87 Å². The van der Waals surface area contributed by atoms with Crippen LogP contribution in [0.5, 0.6) is 0 Å². The normalized spacial score (nSPS) is 9.88. The summed E-state index contributed by atoms with van der Waals surface area (Å²) in [6.45, 7) is 6.62. The molecule has 0 saturated heterocycles. The second-order valence-corrected chi connectivity index (χ2v) is 5.16. The third-order valence-corrected chi connectivity index (χ3v) is 3.53. The fourth-order valence-electron chi connectivity index (χ4n) is 0.758. The molecule has 0 unspecified atom stereocenters. The number of rotatable bonds is 0. The van der Waals surface area contributed by atoms with Gasteiger partial charge in [-0.3, -0.25) is 0 Å². The van der Waals surface area contributed by atoms with Crippen molar-refractivity contribution in [1.82, 2.24) is 0 Å². The molecule has 0 fully saturated rings. The summed E-state index contributed by atoms with van der Waals surface area (Å²) >= 11 is 0.698. The van der Waals surface area contributed by atoms with E-state index in [2.05, 4.69) is 26.8 Å². The molecule has 0 aliphatic rings. The summed E-state index contributed by atoms with van der Waals surface area (Å²) in [5.74, 6) is 0. The molecule has 0 radical (unpaired) electrons. The van der Waals surface area contributed by atoms with Crippen molar-refractivity contribution >= 4 is 14.5 Å². The molecule has 1 aromatic heterocycles. The molecule has 1 heteroatoms. The summed E-state index contributed by atoms with van der Waals surface area (Å²) in [6, 6.07) is 2.29. The van der Waals surface area contributed by atoms with Crippen molar-refractivity contribution in [1.29, 1.82) is 0 Å². The van der Waals surface area contributed by atoms with Gasteiger partial charge in [-0.1, -0.05) is 0 Å². The zero-order valence-electron chi connectivity index (χ0n) is 5.49. The van der Waals surface area contributed by atoms with Crippen LogP contribution in [0.2, 0.25) is 0 Å². The van der Waals surface area contributed by atoms with E-state index in [4.69, 9.17) is 0 Å². The van der Waals surface area contributed by atoms with Crippen LogP contribution in [0.1, 0.15) is 14.4 Å². The average molecular weight is 173 g/mol. The predicted octanol–water partition coefficient (Wildman–Crippen LogP) is 1.67. The summed E-state index contributed by atoms with van der Waals surface area (Å²) in [6.07, 6.45) is 0. The van der Waals surface area contributed by atoms with Crippen LogP contribution in [0.4, 0.5) is 0 Å². The topological polar surface area (TPSA) is 0 Å². The van der Waals surface area contributed by atoms with Crippen LogP contribution in [0, 0.1) is 20.8 Å². The summed E-state index contributed by atoms with van der Waals surface area (Å²) in [4.78, 5) is 0. The van der Waals surface area contributed by atoms with Crippen LogP contribution in [0.25, 0.3) is 0 Å². The first kappa shape index (κ1) is 6.12. The van der Waals surface area contributed by atoms with E-state index in [0.717, 1.165) is 0 Å². The molecule has 1 heterocycles. The number of hydrogen-bond donors (Lipinski definition) is 0. The summed E-state index contributed by atoms with van der Waals surface area (Å²) in [7, 11) is 0. The van der Waals surface area contributed by atoms with E-state index in [1.165, 1.54) is 5.56 Å². The predicted molar refractivity (Wildman–Crippen MR) is 37.6 cm³/mol. The molecule has 0 saturated carbocycles. The number of hydrogen-bond acceptors (Lipinski definition) is 0. The van der Waals surface area contributed by atoms with Crippen molar-refractivity contribution in [2.45, 2.75) is 20.8 Å². The van der Waals surface area contributed by atoms with Crippen LogP contribution in [-0.2, 0) is 0 Å². The standard InChI is InChI=1S/C7H10Se/c1-5-4-6(2)8-7(5)3/h4H,1-3H3. The second kappa shape index (κ2) is 2.08. The Balaban J connectivity index is 3.14. The molecule has 0 amide bonds. The first-order chi connectivity index (χ1) is 3.70.